The standard InChI is InChI=1S/C17H18F2O/c1-11-4-5-12(2)14(8-11)17(3,20)10-13-6-7-15(18)16(19)9-13/h4-9,20H,10H2,1-3H3. The molecule has 3 heteroatoms. The van der Waals surface area contributed by atoms with Crippen molar-refractivity contribution in [2.24, 2.45) is 0 Å². The smallest absolute Gasteiger partial charge is 0.159 e. The minimum atomic E-state index is -1.12. The lowest BCUT2D eigenvalue weighted by Gasteiger charge is -2.26. The van der Waals surface area contributed by atoms with Crippen LogP contribution >= 0.6 is 0 Å². The maximum Gasteiger partial charge on any atom is 0.159 e. The highest BCUT2D eigenvalue weighted by Crippen LogP contribution is 2.29. The summed E-state index contributed by atoms with van der Waals surface area (Å²) in [6, 6.07) is 9.57. The quantitative estimate of drug-likeness (QED) is 0.897. The Labute approximate surface area is 117 Å². The zero-order valence-electron chi connectivity index (χ0n) is 11.9. The number of rotatable bonds is 3. The molecule has 2 rings (SSSR count). The fraction of sp³-hybridized carbons (Fsp3) is 0.294. The third-order valence-corrected chi connectivity index (χ3v) is 3.51. The number of hydrogen-bond acceptors (Lipinski definition) is 1. The van der Waals surface area contributed by atoms with Crippen LogP contribution in [-0.2, 0) is 12.0 Å². The largest absolute Gasteiger partial charge is 0.385 e. The predicted molar refractivity (Wildman–Crippen MR) is 75.5 cm³/mol. The van der Waals surface area contributed by atoms with Crippen LogP contribution < -0.4 is 0 Å². The van der Waals surface area contributed by atoms with Crippen LogP contribution in [0.2, 0.25) is 0 Å². The van der Waals surface area contributed by atoms with Crippen molar-refractivity contribution in [3.63, 3.8) is 0 Å². The molecule has 0 aromatic heterocycles. The first-order valence-electron chi connectivity index (χ1n) is 6.53. The normalized spacial score (nSPS) is 14.1. The summed E-state index contributed by atoms with van der Waals surface area (Å²) in [7, 11) is 0. The summed E-state index contributed by atoms with van der Waals surface area (Å²) in [5.74, 6) is -1.76. The van der Waals surface area contributed by atoms with Gasteiger partial charge in [-0.2, -0.15) is 0 Å². The van der Waals surface area contributed by atoms with Crippen molar-refractivity contribution >= 4 is 0 Å². The van der Waals surface area contributed by atoms with Crippen LogP contribution in [0.4, 0.5) is 8.78 Å². The van der Waals surface area contributed by atoms with E-state index in [-0.39, 0.29) is 6.42 Å². The molecule has 0 radical (unpaired) electrons. The van der Waals surface area contributed by atoms with E-state index in [0.29, 0.717) is 5.56 Å². The molecule has 0 fully saturated rings. The Hall–Kier alpha value is -1.74. The molecule has 0 spiro atoms. The Morgan fingerprint density at radius 3 is 2.35 bits per heavy atom. The molecule has 0 aliphatic heterocycles. The van der Waals surface area contributed by atoms with Crippen LogP contribution in [-0.4, -0.2) is 5.11 Å². The zero-order chi connectivity index (χ0) is 14.9. The number of benzene rings is 2. The lowest BCUT2D eigenvalue weighted by atomic mass is 9.85. The molecule has 0 heterocycles. The average molecular weight is 276 g/mol. The van der Waals surface area contributed by atoms with E-state index in [9.17, 15) is 13.9 Å². The molecule has 0 bridgehead atoms. The van der Waals surface area contributed by atoms with E-state index in [2.05, 4.69) is 0 Å². The Kier molecular flexibility index (Phi) is 3.91. The number of aryl methyl sites for hydroxylation is 2. The summed E-state index contributed by atoms with van der Waals surface area (Å²) in [5, 5.41) is 10.7. The van der Waals surface area contributed by atoms with Crippen LogP contribution in [0.15, 0.2) is 36.4 Å². The maximum atomic E-state index is 13.2. The number of halogens is 2. The van der Waals surface area contributed by atoms with E-state index in [0.717, 1.165) is 28.8 Å². The lowest BCUT2D eigenvalue weighted by molar-refractivity contribution is 0.0568. The van der Waals surface area contributed by atoms with Gasteiger partial charge in [0.2, 0.25) is 0 Å². The van der Waals surface area contributed by atoms with Crippen LogP contribution in [0.25, 0.3) is 0 Å². The second kappa shape index (κ2) is 5.33. The molecular formula is C17H18F2O. The highest BCUT2D eigenvalue weighted by Gasteiger charge is 2.25. The molecule has 0 aliphatic carbocycles. The molecule has 1 N–H and O–H groups in total. The van der Waals surface area contributed by atoms with Crippen molar-refractivity contribution < 1.29 is 13.9 Å². The topological polar surface area (TPSA) is 20.2 Å². The highest BCUT2D eigenvalue weighted by atomic mass is 19.2. The fourth-order valence-electron chi connectivity index (χ4n) is 2.46. The molecule has 1 atom stereocenters. The van der Waals surface area contributed by atoms with Gasteiger partial charge in [-0.1, -0.05) is 29.8 Å². The van der Waals surface area contributed by atoms with E-state index in [1.807, 2.05) is 32.0 Å². The molecular weight excluding hydrogens is 258 g/mol. The predicted octanol–water partition coefficient (Wildman–Crippen LogP) is 4.03. The van der Waals surface area contributed by atoms with E-state index >= 15 is 0 Å². The first kappa shape index (κ1) is 14.7. The SMILES string of the molecule is Cc1ccc(C)c(C(C)(O)Cc2ccc(F)c(F)c2)c1. The van der Waals surface area contributed by atoms with Crippen molar-refractivity contribution in [3.8, 4) is 0 Å². The molecule has 0 saturated heterocycles. The highest BCUT2D eigenvalue weighted by molar-refractivity contribution is 5.36. The summed E-state index contributed by atoms with van der Waals surface area (Å²) in [5.41, 5.74) is 2.27. The first-order chi connectivity index (χ1) is 9.29. The molecule has 0 aliphatic rings. The van der Waals surface area contributed by atoms with Crippen molar-refractivity contribution in [2.75, 3.05) is 0 Å². The molecule has 106 valence electrons. The minimum Gasteiger partial charge on any atom is -0.385 e. The van der Waals surface area contributed by atoms with Gasteiger partial charge in [0.05, 0.1) is 5.60 Å². The summed E-state index contributed by atoms with van der Waals surface area (Å²) in [6.07, 6.45) is 0.231. The second-order valence-corrected chi connectivity index (χ2v) is 5.52. The van der Waals surface area contributed by atoms with Gasteiger partial charge >= 0.3 is 0 Å². The van der Waals surface area contributed by atoms with Gasteiger partial charge in [0, 0.05) is 6.42 Å². The van der Waals surface area contributed by atoms with Crippen LogP contribution in [0.1, 0.15) is 29.2 Å². The Morgan fingerprint density at radius 2 is 1.70 bits per heavy atom. The summed E-state index contributed by atoms with van der Waals surface area (Å²) >= 11 is 0. The molecule has 20 heavy (non-hydrogen) atoms. The van der Waals surface area contributed by atoms with Gasteiger partial charge < -0.3 is 5.11 Å². The molecule has 2 aromatic carbocycles. The van der Waals surface area contributed by atoms with Gasteiger partial charge in [-0.15, -0.1) is 0 Å². The monoisotopic (exact) mass is 276 g/mol. The van der Waals surface area contributed by atoms with Gasteiger partial charge in [0.15, 0.2) is 11.6 Å². The van der Waals surface area contributed by atoms with Gasteiger partial charge in [-0.05, 0) is 49.6 Å². The Morgan fingerprint density at radius 1 is 1.00 bits per heavy atom. The van der Waals surface area contributed by atoms with Crippen molar-refractivity contribution in [1.29, 1.82) is 0 Å². The number of aliphatic hydroxyl groups is 1. The van der Waals surface area contributed by atoms with Crippen LogP contribution in [0, 0.1) is 25.5 Å². The molecule has 1 nitrogen and oxygen atoms in total. The van der Waals surface area contributed by atoms with Crippen molar-refractivity contribution in [1.82, 2.24) is 0 Å². The summed E-state index contributed by atoms with van der Waals surface area (Å²) in [4.78, 5) is 0. The van der Waals surface area contributed by atoms with Gasteiger partial charge in [0.25, 0.3) is 0 Å². The van der Waals surface area contributed by atoms with Crippen molar-refractivity contribution in [3.05, 3.63) is 70.3 Å². The molecule has 1 unspecified atom stereocenters. The van der Waals surface area contributed by atoms with Crippen molar-refractivity contribution in [2.45, 2.75) is 32.8 Å². The minimum absolute atomic E-state index is 0.231. The molecule has 2 aromatic rings. The lowest BCUT2D eigenvalue weighted by Crippen LogP contribution is -2.25. The van der Waals surface area contributed by atoms with Gasteiger partial charge in [-0.25, -0.2) is 8.78 Å². The molecule has 0 amide bonds. The fourth-order valence-corrected chi connectivity index (χ4v) is 2.46. The van der Waals surface area contributed by atoms with E-state index < -0.39 is 17.2 Å². The first-order valence-corrected chi connectivity index (χ1v) is 6.53. The van der Waals surface area contributed by atoms with Gasteiger partial charge in [-0.3, -0.25) is 0 Å². The maximum absolute atomic E-state index is 13.2. The third kappa shape index (κ3) is 3.05. The Balaban J connectivity index is 2.34. The van der Waals surface area contributed by atoms with E-state index in [1.54, 1.807) is 6.92 Å². The van der Waals surface area contributed by atoms with E-state index in [4.69, 9.17) is 0 Å². The second-order valence-electron chi connectivity index (χ2n) is 5.52. The Bertz CT molecular complexity index is 633. The van der Waals surface area contributed by atoms with Crippen LogP contribution in [0.5, 0.6) is 0 Å². The van der Waals surface area contributed by atoms with Gasteiger partial charge in [0.1, 0.15) is 0 Å². The molecule has 0 saturated carbocycles. The number of hydrogen-bond donors (Lipinski definition) is 1. The average Bonchev–Trinajstić information content (AvgIpc) is 2.36. The summed E-state index contributed by atoms with van der Waals surface area (Å²) < 4.78 is 26.2. The third-order valence-electron chi connectivity index (χ3n) is 3.51. The van der Waals surface area contributed by atoms with E-state index in [1.165, 1.54) is 6.07 Å². The summed E-state index contributed by atoms with van der Waals surface area (Å²) in [6.45, 7) is 5.57. The zero-order valence-corrected chi connectivity index (χ0v) is 11.9. The van der Waals surface area contributed by atoms with Crippen LogP contribution in [0.3, 0.4) is 0 Å².